The van der Waals surface area contributed by atoms with Crippen LogP contribution < -0.4 is 5.73 Å². The number of likely N-dealkylation sites (tertiary alicyclic amines) is 1. The van der Waals surface area contributed by atoms with Gasteiger partial charge in [0.15, 0.2) is 0 Å². The minimum atomic E-state index is 0.206. The summed E-state index contributed by atoms with van der Waals surface area (Å²) in [7, 11) is 0. The van der Waals surface area contributed by atoms with Crippen LogP contribution in [0.2, 0.25) is 5.28 Å². The molecule has 1 saturated heterocycles. The van der Waals surface area contributed by atoms with E-state index in [1.54, 1.807) is 0 Å². The molecule has 0 spiro atoms. The Kier molecular flexibility index (Phi) is 5.43. The molecule has 3 heterocycles. The Bertz CT molecular complexity index is 754. The lowest BCUT2D eigenvalue weighted by Crippen LogP contribution is -2.18. The molecule has 0 aliphatic carbocycles. The molecule has 1 fully saturated rings. The lowest BCUT2D eigenvalue weighted by Gasteiger charge is -2.13. The highest BCUT2D eigenvalue weighted by molar-refractivity contribution is 7.16. The van der Waals surface area contributed by atoms with Gasteiger partial charge in [-0.05, 0) is 54.5 Å². The number of nitrogen functional groups attached to an aromatic ring is 1. The molecular formula is C17H19ClN4S. The van der Waals surface area contributed by atoms with Crippen LogP contribution in [0.15, 0.2) is 41.8 Å². The topological polar surface area (TPSA) is 55.0 Å². The van der Waals surface area contributed by atoms with Gasteiger partial charge in [0.05, 0.1) is 5.39 Å². The number of hydrogen-bond donors (Lipinski definition) is 1. The Morgan fingerprint density at radius 1 is 1.09 bits per heavy atom. The molecule has 6 heteroatoms. The van der Waals surface area contributed by atoms with Crippen molar-refractivity contribution in [2.75, 3.05) is 18.8 Å². The Balaban J connectivity index is 0.000000136. The van der Waals surface area contributed by atoms with Gasteiger partial charge >= 0.3 is 0 Å². The second-order valence-corrected chi connectivity index (χ2v) is 6.72. The molecule has 4 nitrogen and oxygen atoms in total. The van der Waals surface area contributed by atoms with E-state index in [0.29, 0.717) is 5.82 Å². The zero-order chi connectivity index (χ0) is 16.1. The van der Waals surface area contributed by atoms with Gasteiger partial charge in [-0.15, -0.1) is 11.3 Å². The van der Waals surface area contributed by atoms with E-state index >= 15 is 0 Å². The Labute approximate surface area is 144 Å². The summed E-state index contributed by atoms with van der Waals surface area (Å²) < 4.78 is 0. The largest absolute Gasteiger partial charge is 0.383 e. The second kappa shape index (κ2) is 7.73. The summed E-state index contributed by atoms with van der Waals surface area (Å²) in [5, 5.41) is 2.99. The van der Waals surface area contributed by atoms with E-state index in [2.05, 4.69) is 45.2 Å². The minimum absolute atomic E-state index is 0.206. The number of thiophene rings is 1. The summed E-state index contributed by atoms with van der Waals surface area (Å²) in [5.74, 6) is 0.446. The second-order valence-electron chi connectivity index (χ2n) is 5.49. The van der Waals surface area contributed by atoms with Crippen LogP contribution in [0.3, 0.4) is 0 Å². The first-order valence-corrected chi connectivity index (χ1v) is 8.90. The lowest BCUT2D eigenvalue weighted by molar-refractivity contribution is 0.331. The van der Waals surface area contributed by atoms with Crippen molar-refractivity contribution < 1.29 is 0 Å². The number of aromatic nitrogens is 2. The summed E-state index contributed by atoms with van der Waals surface area (Å²) in [6.07, 6.45) is 2.76. The molecule has 0 amide bonds. The first-order valence-electron chi connectivity index (χ1n) is 7.65. The Hall–Kier alpha value is -1.69. The highest BCUT2D eigenvalue weighted by Crippen LogP contribution is 2.23. The lowest BCUT2D eigenvalue weighted by atomic mass is 10.2. The minimum Gasteiger partial charge on any atom is -0.383 e. The van der Waals surface area contributed by atoms with E-state index in [1.807, 2.05) is 11.4 Å². The van der Waals surface area contributed by atoms with Crippen molar-refractivity contribution >= 4 is 39.0 Å². The van der Waals surface area contributed by atoms with Gasteiger partial charge < -0.3 is 5.73 Å². The zero-order valence-electron chi connectivity index (χ0n) is 12.8. The first-order chi connectivity index (χ1) is 11.2. The van der Waals surface area contributed by atoms with Crippen LogP contribution in [0.4, 0.5) is 5.82 Å². The number of halogens is 1. The maximum atomic E-state index is 5.59. The average molecular weight is 347 g/mol. The number of nitrogens with two attached hydrogens (primary N) is 1. The van der Waals surface area contributed by atoms with Crippen molar-refractivity contribution in [3.05, 3.63) is 52.6 Å². The van der Waals surface area contributed by atoms with Gasteiger partial charge in [-0.3, -0.25) is 4.90 Å². The molecule has 4 rings (SSSR count). The monoisotopic (exact) mass is 346 g/mol. The number of rotatable bonds is 2. The predicted octanol–water partition coefficient (Wildman–Crippen LogP) is 4.21. The fraction of sp³-hybridized carbons (Fsp3) is 0.294. The van der Waals surface area contributed by atoms with Crippen LogP contribution >= 0.6 is 22.9 Å². The maximum Gasteiger partial charge on any atom is 0.225 e. The highest BCUT2D eigenvalue weighted by atomic mass is 35.5. The van der Waals surface area contributed by atoms with Crippen LogP contribution in [0, 0.1) is 0 Å². The molecule has 0 saturated carbocycles. The van der Waals surface area contributed by atoms with Gasteiger partial charge in [-0.1, -0.05) is 30.3 Å². The average Bonchev–Trinajstić information content (AvgIpc) is 3.20. The molecule has 120 valence electrons. The molecule has 0 bridgehead atoms. The summed E-state index contributed by atoms with van der Waals surface area (Å²) in [6.45, 7) is 3.71. The van der Waals surface area contributed by atoms with E-state index in [9.17, 15) is 0 Å². The van der Waals surface area contributed by atoms with Crippen molar-refractivity contribution in [1.29, 1.82) is 0 Å². The van der Waals surface area contributed by atoms with E-state index in [0.717, 1.165) is 16.8 Å². The van der Waals surface area contributed by atoms with Gasteiger partial charge in [-0.25, -0.2) is 9.97 Å². The van der Waals surface area contributed by atoms with E-state index in [-0.39, 0.29) is 5.28 Å². The van der Waals surface area contributed by atoms with Crippen LogP contribution in [-0.4, -0.2) is 28.0 Å². The van der Waals surface area contributed by atoms with Crippen molar-refractivity contribution in [2.45, 2.75) is 19.4 Å². The molecule has 1 aromatic carbocycles. The van der Waals surface area contributed by atoms with Crippen LogP contribution in [0.5, 0.6) is 0 Å². The first kappa shape index (κ1) is 16.2. The molecule has 2 N–H and O–H groups in total. The summed E-state index contributed by atoms with van der Waals surface area (Å²) in [4.78, 5) is 11.2. The summed E-state index contributed by atoms with van der Waals surface area (Å²) in [6, 6.07) is 12.6. The number of anilines is 1. The van der Waals surface area contributed by atoms with Gasteiger partial charge in [0.25, 0.3) is 0 Å². The van der Waals surface area contributed by atoms with Crippen LogP contribution in [0.25, 0.3) is 10.2 Å². The highest BCUT2D eigenvalue weighted by Gasteiger charge is 2.10. The fourth-order valence-corrected chi connectivity index (χ4v) is 3.63. The number of fused-ring (bicyclic) bond motifs is 1. The molecule has 2 aromatic heterocycles. The fourth-order valence-electron chi connectivity index (χ4n) is 2.63. The van der Waals surface area contributed by atoms with Gasteiger partial charge in [0.2, 0.25) is 5.28 Å². The molecule has 0 atom stereocenters. The normalized spacial score (nSPS) is 14.7. The van der Waals surface area contributed by atoms with Crippen LogP contribution in [-0.2, 0) is 6.54 Å². The van der Waals surface area contributed by atoms with Crippen molar-refractivity contribution in [1.82, 2.24) is 14.9 Å². The van der Waals surface area contributed by atoms with Crippen molar-refractivity contribution in [3.63, 3.8) is 0 Å². The number of nitrogens with zero attached hydrogens (tertiary/aromatic N) is 3. The van der Waals surface area contributed by atoms with Gasteiger partial charge in [0, 0.05) is 6.54 Å². The maximum absolute atomic E-state index is 5.59. The molecule has 1 aliphatic heterocycles. The molecule has 23 heavy (non-hydrogen) atoms. The van der Waals surface area contributed by atoms with Crippen LogP contribution in [0.1, 0.15) is 18.4 Å². The molecule has 0 radical (unpaired) electrons. The smallest absolute Gasteiger partial charge is 0.225 e. The van der Waals surface area contributed by atoms with E-state index < -0.39 is 0 Å². The predicted molar refractivity (Wildman–Crippen MR) is 97.8 cm³/mol. The van der Waals surface area contributed by atoms with Gasteiger partial charge in [-0.2, -0.15) is 0 Å². The zero-order valence-corrected chi connectivity index (χ0v) is 14.4. The number of benzene rings is 1. The van der Waals surface area contributed by atoms with E-state index in [4.69, 9.17) is 17.3 Å². The Morgan fingerprint density at radius 3 is 2.57 bits per heavy atom. The third kappa shape index (κ3) is 4.41. The molecular weight excluding hydrogens is 328 g/mol. The Morgan fingerprint density at radius 2 is 1.83 bits per heavy atom. The summed E-state index contributed by atoms with van der Waals surface area (Å²) in [5.41, 5.74) is 7.02. The molecule has 1 aliphatic rings. The number of hydrogen-bond acceptors (Lipinski definition) is 5. The quantitative estimate of drug-likeness (QED) is 0.706. The SMILES string of the molecule is Nc1nc(Cl)nc2sccc12.c1ccc(CN2CCCC2)cc1. The summed E-state index contributed by atoms with van der Waals surface area (Å²) >= 11 is 7.09. The van der Waals surface area contributed by atoms with Crippen molar-refractivity contribution in [3.8, 4) is 0 Å². The third-order valence-electron chi connectivity index (χ3n) is 3.77. The standard InChI is InChI=1S/C11H15N.C6H4ClN3S/c1-2-6-11(7-3-1)10-12-8-4-5-9-12;7-6-9-4(8)3-1-2-11-5(3)10-6/h1-3,6-7H,4-5,8-10H2;1-2H,(H2,8,9,10). The van der Waals surface area contributed by atoms with Crippen molar-refractivity contribution in [2.24, 2.45) is 0 Å². The third-order valence-corrected chi connectivity index (χ3v) is 4.75. The molecule has 0 unspecified atom stereocenters. The van der Waals surface area contributed by atoms with E-state index in [1.165, 1.54) is 42.8 Å². The van der Waals surface area contributed by atoms with Gasteiger partial charge in [0.1, 0.15) is 10.6 Å². The molecule has 3 aromatic rings.